The highest BCUT2D eigenvalue weighted by Gasteiger charge is 2.17. The SMILES string of the molecule is CCCCC(CC)CNC(=O)c1cc(NS(=O)(=O)c2ccccc2)ccc1Cl. The van der Waals surface area contributed by atoms with E-state index in [-0.39, 0.29) is 27.1 Å². The molecule has 0 radical (unpaired) electrons. The molecule has 0 spiro atoms. The van der Waals surface area contributed by atoms with Gasteiger partial charge in [0.1, 0.15) is 0 Å². The highest BCUT2D eigenvalue weighted by atomic mass is 35.5. The minimum atomic E-state index is -3.73. The summed E-state index contributed by atoms with van der Waals surface area (Å²) in [5, 5.41) is 3.20. The molecule has 152 valence electrons. The summed E-state index contributed by atoms with van der Waals surface area (Å²) in [4.78, 5) is 12.7. The highest BCUT2D eigenvalue weighted by molar-refractivity contribution is 7.92. The standard InChI is InChI=1S/C21H27ClN2O3S/c1-3-5-9-16(4-2)15-23-21(25)19-14-17(12-13-20(19)22)24-28(26,27)18-10-7-6-8-11-18/h6-8,10-14,16,24H,3-5,9,15H2,1-2H3,(H,23,25). The van der Waals surface area contributed by atoms with Crippen LogP contribution in [0.15, 0.2) is 53.4 Å². The molecule has 1 unspecified atom stereocenters. The maximum atomic E-state index is 12.6. The van der Waals surface area contributed by atoms with Crippen molar-refractivity contribution >= 4 is 33.2 Å². The van der Waals surface area contributed by atoms with Gasteiger partial charge in [-0.25, -0.2) is 8.42 Å². The number of unbranched alkanes of at least 4 members (excludes halogenated alkanes) is 1. The van der Waals surface area contributed by atoms with Crippen LogP contribution in [0.1, 0.15) is 49.9 Å². The average molecular weight is 423 g/mol. The summed E-state index contributed by atoms with van der Waals surface area (Å²) >= 11 is 6.17. The Morgan fingerprint density at radius 3 is 2.46 bits per heavy atom. The number of halogens is 1. The number of carbonyl (C=O) groups is 1. The predicted octanol–water partition coefficient (Wildman–Crippen LogP) is 5.09. The molecule has 0 saturated heterocycles. The fourth-order valence-corrected chi connectivity index (χ4v) is 4.13. The molecule has 0 aliphatic rings. The van der Waals surface area contributed by atoms with Gasteiger partial charge in [-0.15, -0.1) is 0 Å². The molecule has 2 aromatic carbocycles. The largest absolute Gasteiger partial charge is 0.352 e. The Balaban J connectivity index is 2.11. The van der Waals surface area contributed by atoms with E-state index in [1.165, 1.54) is 30.3 Å². The van der Waals surface area contributed by atoms with Gasteiger partial charge >= 0.3 is 0 Å². The van der Waals surface area contributed by atoms with Crippen LogP contribution in [0, 0.1) is 5.92 Å². The summed E-state index contributed by atoms with van der Waals surface area (Å²) in [7, 11) is -3.73. The van der Waals surface area contributed by atoms with E-state index in [2.05, 4.69) is 23.9 Å². The third-order valence-electron chi connectivity index (χ3n) is 4.61. The highest BCUT2D eigenvalue weighted by Crippen LogP contribution is 2.23. The quantitative estimate of drug-likeness (QED) is 0.560. The van der Waals surface area contributed by atoms with Gasteiger partial charge in [-0.05, 0) is 42.7 Å². The number of hydrogen-bond donors (Lipinski definition) is 2. The Morgan fingerprint density at radius 1 is 1.11 bits per heavy atom. The van der Waals surface area contributed by atoms with Crippen LogP contribution in [0.3, 0.4) is 0 Å². The zero-order valence-electron chi connectivity index (χ0n) is 16.2. The molecule has 0 aliphatic heterocycles. The Labute approximate surface area is 172 Å². The molecular weight excluding hydrogens is 396 g/mol. The van der Waals surface area contributed by atoms with Crippen molar-refractivity contribution in [2.45, 2.75) is 44.4 Å². The number of amides is 1. The lowest BCUT2D eigenvalue weighted by molar-refractivity contribution is 0.0946. The maximum absolute atomic E-state index is 12.6. The van der Waals surface area contributed by atoms with Crippen molar-refractivity contribution in [1.29, 1.82) is 0 Å². The molecule has 5 nitrogen and oxygen atoms in total. The van der Waals surface area contributed by atoms with Gasteiger partial charge in [-0.3, -0.25) is 9.52 Å². The van der Waals surface area contributed by atoms with E-state index in [1.54, 1.807) is 18.2 Å². The number of sulfonamides is 1. The Kier molecular flexibility index (Phi) is 8.33. The Hall–Kier alpha value is -2.05. The number of nitrogens with one attached hydrogen (secondary N) is 2. The third-order valence-corrected chi connectivity index (χ3v) is 6.34. The summed E-state index contributed by atoms with van der Waals surface area (Å²) in [5.74, 6) is 0.114. The van der Waals surface area contributed by atoms with E-state index in [1.807, 2.05) is 0 Å². The first-order valence-electron chi connectivity index (χ1n) is 9.53. The van der Waals surface area contributed by atoms with E-state index < -0.39 is 10.0 Å². The van der Waals surface area contributed by atoms with Gasteiger partial charge in [0.05, 0.1) is 15.5 Å². The molecule has 0 aromatic heterocycles. The lowest BCUT2D eigenvalue weighted by Gasteiger charge is -2.16. The summed E-state index contributed by atoms with van der Waals surface area (Å²) < 4.78 is 27.4. The summed E-state index contributed by atoms with van der Waals surface area (Å²) in [6.45, 7) is 4.83. The van der Waals surface area contributed by atoms with E-state index in [9.17, 15) is 13.2 Å². The molecule has 0 bridgehead atoms. The molecule has 0 aliphatic carbocycles. The Bertz CT molecular complexity index is 886. The second-order valence-electron chi connectivity index (χ2n) is 6.74. The number of rotatable bonds is 10. The number of benzene rings is 2. The normalized spacial score (nSPS) is 12.4. The molecule has 7 heteroatoms. The first-order chi connectivity index (χ1) is 13.4. The lowest BCUT2D eigenvalue weighted by atomic mass is 9.99. The summed E-state index contributed by atoms with van der Waals surface area (Å²) in [6.07, 6.45) is 4.31. The molecule has 2 N–H and O–H groups in total. The average Bonchev–Trinajstić information content (AvgIpc) is 2.70. The van der Waals surface area contributed by atoms with Gasteiger partial charge in [-0.1, -0.05) is 62.9 Å². The lowest BCUT2D eigenvalue weighted by Crippen LogP contribution is -2.29. The second-order valence-corrected chi connectivity index (χ2v) is 8.83. The molecule has 28 heavy (non-hydrogen) atoms. The maximum Gasteiger partial charge on any atom is 0.261 e. The molecular formula is C21H27ClN2O3S. The van der Waals surface area contributed by atoms with Crippen molar-refractivity contribution in [2.24, 2.45) is 5.92 Å². The van der Waals surface area contributed by atoms with E-state index in [0.717, 1.165) is 25.7 Å². The topological polar surface area (TPSA) is 75.3 Å². The van der Waals surface area contributed by atoms with Gasteiger partial charge in [0.2, 0.25) is 0 Å². The van der Waals surface area contributed by atoms with Crippen LogP contribution >= 0.6 is 11.6 Å². The van der Waals surface area contributed by atoms with Crippen molar-refractivity contribution in [3.8, 4) is 0 Å². The first-order valence-corrected chi connectivity index (χ1v) is 11.4. The number of anilines is 1. The van der Waals surface area contributed by atoms with Crippen molar-refractivity contribution in [3.05, 3.63) is 59.1 Å². The van der Waals surface area contributed by atoms with E-state index in [0.29, 0.717) is 12.5 Å². The van der Waals surface area contributed by atoms with Crippen LogP contribution in [0.5, 0.6) is 0 Å². The minimum Gasteiger partial charge on any atom is -0.352 e. The number of hydrogen-bond acceptors (Lipinski definition) is 3. The molecule has 0 fully saturated rings. The van der Waals surface area contributed by atoms with Crippen LogP contribution in [-0.2, 0) is 10.0 Å². The molecule has 2 aromatic rings. The van der Waals surface area contributed by atoms with Crippen LogP contribution in [0.4, 0.5) is 5.69 Å². The van der Waals surface area contributed by atoms with Crippen LogP contribution in [0.25, 0.3) is 0 Å². The van der Waals surface area contributed by atoms with Gasteiger partial charge < -0.3 is 5.32 Å². The zero-order chi connectivity index (χ0) is 20.6. The predicted molar refractivity (Wildman–Crippen MR) is 114 cm³/mol. The smallest absolute Gasteiger partial charge is 0.261 e. The Morgan fingerprint density at radius 2 is 1.82 bits per heavy atom. The third kappa shape index (κ3) is 6.24. The van der Waals surface area contributed by atoms with Gasteiger partial charge in [0.15, 0.2) is 0 Å². The van der Waals surface area contributed by atoms with Gasteiger partial charge in [0, 0.05) is 12.2 Å². The van der Waals surface area contributed by atoms with Gasteiger partial charge in [0.25, 0.3) is 15.9 Å². The molecule has 1 atom stereocenters. The fraction of sp³-hybridized carbons (Fsp3) is 0.381. The molecule has 0 heterocycles. The van der Waals surface area contributed by atoms with Crippen molar-refractivity contribution in [3.63, 3.8) is 0 Å². The number of carbonyl (C=O) groups excluding carboxylic acids is 1. The minimum absolute atomic E-state index is 0.151. The first kappa shape index (κ1) is 22.2. The van der Waals surface area contributed by atoms with Gasteiger partial charge in [-0.2, -0.15) is 0 Å². The fourth-order valence-electron chi connectivity index (χ4n) is 2.85. The second kappa shape index (κ2) is 10.5. The zero-order valence-corrected chi connectivity index (χ0v) is 17.8. The molecule has 2 rings (SSSR count). The van der Waals surface area contributed by atoms with Crippen LogP contribution in [-0.4, -0.2) is 20.9 Å². The van der Waals surface area contributed by atoms with Crippen LogP contribution < -0.4 is 10.0 Å². The molecule has 1 amide bonds. The van der Waals surface area contributed by atoms with Crippen molar-refractivity contribution in [1.82, 2.24) is 5.32 Å². The molecule has 0 saturated carbocycles. The van der Waals surface area contributed by atoms with Crippen molar-refractivity contribution < 1.29 is 13.2 Å². The monoisotopic (exact) mass is 422 g/mol. The van der Waals surface area contributed by atoms with Crippen LogP contribution in [0.2, 0.25) is 5.02 Å². The van der Waals surface area contributed by atoms with E-state index >= 15 is 0 Å². The summed E-state index contributed by atoms with van der Waals surface area (Å²) in [5.41, 5.74) is 0.539. The van der Waals surface area contributed by atoms with Crippen molar-refractivity contribution in [2.75, 3.05) is 11.3 Å². The van der Waals surface area contributed by atoms with E-state index in [4.69, 9.17) is 11.6 Å². The summed E-state index contributed by atoms with van der Waals surface area (Å²) in [6, 6.07) is 12.6.